The third-order valence-electron chi connectivity index (χ3n) is 2.91. The third-order valence-corrected chi connectivity index (χ3v) is 2.91. The van der Waals surface area contributed by atoms with Crippen molar-refractivity contribution in [2.45, 2.75) is 19.3 Å². The van der Waals surface area contributed by atoms with Crippen molar-refractivity contribution in [3.8, 4) is 0 Å². The highest BCUT2D eigenvalue weighted by Gasteiger charge is 2.18. The van der Waals surface area contributed by atoms with E-state index in [1.54, 1.807) is 12.1 Å². The Morgan fingerprint density at radius 3 is 3.12 bits per heavy atom. The molecule has 2 rings (SSSR count). The van der Waals surface area contributed by atoms with Crippen LogP contribution in [0.2, 0.25) is 0 Å². The molecule has 0 unspecified atom stereocenters. The van der Waals surface area contributed by atoms with Gasteiger partial charge in [-0.15, -0.1) is 0 Å². The topological polar surface area (TPSA) is 32.3 Å². The van der Waals surface area contributed by atoms with Crippen LogP contribution in [-0.2, 0) is 4.79 Å². The number of nitrogens with zero attached hydrogens (tertiary/aromatic N) is 1. The summed E-state index contributed by atoms with van der Waals surface area (Å²) < 4.78 is 13.2. The van der Waals surface area contributed by atoms with Crippen LogP contribution >= 0.6 is 0 Å². The second kappa shape index (κ2) is 5.66. The molecule has 17 heavy (non-hydrogen) atoms. The second-order valence-electron chi connectivity index (χ2n) is 4.17. The van der Waals surface area contributed by atoms with Crippen molar-refractivity contribution in [3.05, 3.63) is 30.1 Å². The molecular weight excluding hydrogens is 219 g/mol. The summed E-state index contributed by atoms with van der Waals surface area (Å²) in [4.78, 5) is 13.2. The van der Waals surface area contributed by atoms with Crippen LogP contribution in [0.25, 0.3) is 0 Å². The Labute approximate surface area is 101 Å². The summed E-state index contributed by atoms with van der Waals surface area (Å²) in [5.74, 6) is -0.0461. The van der Waals surface area contributed by atoms with Crippen molar-refractivity contribution in [2.24, 2.45) is 0 Å². The Kier molecular flexibility index (Phi) is 3.96. The van der Waals surface area contributed by atoms with Gasteiger partial charge in [0, 0.05) is 26.1 Å². The maximum absolute atomic E-state index is 13.2. The second-order valence-corrected chi connectivity index (χ2v) is 4.17. The molecule has 0 aliphatic carbocycles. The van der Waals surface area contributed by atoms with Gasteiger partial charge >= 0.3 is 0 Å². The molecule has 91 valence electrons. The monoisotopic (exact) mass is 235 g/mol. The lowest BCUT2D eigenvalue weighted by Gasteiger charge is -2.15. The summed E-state index contributed by atoms with van der Waals surface area (Å²) >= 11 is 0. The Bertz CT molecular complexity index is 395. The van der Waals surface area contributed by atoms with Crippen LogP contribution in [0, 0.1) is 11.9 Å². The van der Waals surface area contributed by atoms with Gasteiger partial charge in [-0.2, -0.15) is 0 Å². The van der Waals surface area contributed by atoms with Gasteiger partial charge in [0.2, 0.25) is 5.91 Å². The van der Waals surface area contributed by atoms with E-state index in [0.29, 0.717) is 18.7 Å². The number of hydrogen-bond donors (Lipinski definition) is 1. The molecule has 1 aromatic rings. The predicted molar refractivity (Wildman–Crippen MR) is 64.2 cm³/mol. The van der Waals surface area contributed by atoms with Crippen molar-refractivity contribution in [2.75, 3.05) is 25.0 Å². The molecule has 0 spiro atoms. The fourth-order valence-electron chi connectivity index (χ4n) is 1.99. The molecule has 4 heteroatoms. The molecule has 1 aromatic carbocycles. The van der Waals surface area contributed by atoms with E-state index in [1.807, 2.05) is 4.90 Å². The molecule has 1 heterocycles. The zero-order valence-electron chi connectivity index (χ0n) is 9.71. The highest BCUT2D eigenvalue weighted by molar-refractivity contribution is 5.77. The average Bonchev–Trinajstić information content (AvgIpc) is 2.73. The van der Waals surface area contributed by atoms with Crippen LogP contribution in [0.3, 0.4) is 0 Å². The fourth-order valence-corrected chi connectivity index (χ4v) is 1.99. The van der Waals surface area contributed by atoms with Gasteiger partial charge in [-0.3, -0.25) is 4.79 Å². The summed E-state index contributed by atoms with van der Waals surface area (Å²) in [5.41, 5.74) is 0.497. The highest BCUT2D eigenvalue weighted by atomic mass is 19.1. The minimum atomic E-state index is -0.287. The zero-order valence-corrected chi connectivity index (χ0v) is 9.71. The standard InChI is InChI=1S/C13H16FN2O/c14-11-5-1-2-6-12(11)15-8-4-10-16-9-3-7-13(16)17/h2,5-6,15H,3-4,7-10H2. The van der Waals surface area contributed by atoms with Crippen molar-refractivity contribution in [1.82, 2.24) is 4.90 Å². The molecule has 1 aliphatic rings. The Hall–Kier alpha value is -1.58. The molecule has 1 saturated heterocycles. The number of hydrogen-bond acceptors (Lipinski definition) is 2. The number of amides is 1. The fraction of sp³-hybridized carbons (Fsp3) is 0.462. The van der Waals surface area contributed by atoms with E-state index < -0.39 is 0 Å². The van der Waals surface area contributed by atoms with Gasteiger partial charge in [0.25, 0.3) is 0 Å². The van der Waals surface area contributed by atoms with E-state index in [9.17, 15) is 9.18 Å². The van der Waals surface area contributed by atoms with E-state index in [4.69, 9.17) is 0 Å². The van der Waals surface area contributed by atoms with Gasteiger partial charge in [0.1, 0.15) is 5.82 Å². The molecule has 0 bridgehead atoms. The molecule has 0 saturated carbocycles. The largest absolute Gasteiger partial charge is 0.383 e. The van der Waals surface area contributed by atoms with Crippen LogP contribution < -0.4 is 5.32 Å². The van der Waals surface area contributed by atoms with Gasteiger partial charge in [-0.05, 0) is 31.0 Å². The van der Waals surface area contributed by atoms with Crippen LogP contribution in [0.4, 0.5) is 10.1 Å². The van der Waals surface area contributed by atoms with Crippen LogP contribution in [0.5, 0.6) is 0 Å². The van der Waals surface area contributed by atoms with E-state index in [-0.39, 0.29) is 11.7 Å². The first-order valence-electron chi connectivity index (χ1n) is 5.94. The summed E-state index contributed by atoms with van der Waals surface area (Å²) in [6, 6.07) is 7.33. The van der Waals surface area contributed by atoms with E-state index in [2.05, 4.69) is 11.4 Å². The minimum absolute atomic E-state index is 0.241. The lowest BCUT2D eigenvalue weighted by molar-refractivity contribution is -0.127. The number of carbonyl (C=O) groups is 1. The summed E-state index contributed by atoms with van der Waals surface area (Å²) in [5, 5.41) is 3.02. The zero-order chi connectivity index (χ0) is 12.1. The summed E-state index contributed by atoms with van der Waals surface area (Å²) in [6.07, 6.45) is 2.48. The molecule has 0 atom stereocenters. The van der Waals surface area contributed by atoms with Gasteiger partial charge < -0.3 is 10.2 Å². The molecule has 3 nitrogen and oxygen atoms in total. The molecule has 1 aliphatic heterocycles. The van der Waals surface area contributed by atoms with E-state index in [0.717, 1.165) is 25.9 Å². The average molecular weight is 235 g/mol. The number of anilines is 1. The van der Waals surface area contributed by atoms with E-state index >= 15 is 0 Å². The number of carbonyl (C=O) groups excluding carboxylic acids is 1. The summed E-state index contributed by atoms with van der Waals surface area (Å²) in [6.45, 7) is 2.30. The minimum Gasteiger partial charge on any atom is -0.383 e. The van der Waals surface area contributed by atoms with Gasteiger partial charge in [-0.1, -0.05) is 6.07 Å². The number of halogens is 1. The molecular formula is C13H16FN2O. The molecule has 1 amide bonds. The number of likely N-dealkylation sites (tertiary alicyclic amines) is 1. The van der Waals surface area contributed by atoms with Crippen molar-refractivity contribution >= 4 is 11.6 Å². The third kappa shape index (κ3) is 3.19. The Balaban J connectivity index is 1.70. The first-order valence-corrected chi connectivity index (χ1v) is 5.94. The first kappa shape index (κ1) is 11.9. The smallest absolute Gasteiger partial charge is 0.222 e. The van der Waals surface area contributed by atoms with Crippen molar-refractivity contribution in [3.63, 3.8) is 0 Å². The lowest BCUT2D eigenvalue weighted by atomic mass is 10.3. The van der Waals surface area contributed by atoms with Gasteiger partial charge in [0.05, 0.1) is 5.69 Å². The van der Waals surface area contributed by atoms with Crippen LogP contribution in [0.15, 0.2) is 18.2 Å². The Morgan fingerprint density at radius 2 is 2.41 bits per heavy atom. The predicted octanol–water partition coefficient (Wildman–Crippen LogP) is 2.05. The SMILES string of the molecule is O=C1CCCN1CCCNc1cc[c]cc1F. The molecule has 1 fully saturated rings. The van der Waals surface area contributed by atoms with Gasteiger partial charge in [0.15, 0.2) is 0 Å². The molecule has 1 N–H and O–H groups in total. The van der Waals surface area contributed by atoms with Crippen molar-refractivity contribution < 1.29 is 9.18 Å². The Morgan fingerprint density at radius 1 is 1.53 bits per heavy atom. The normalized spacial score (nSPS) is 15.4. The maximum Gasteiger partial charge on any atom is 0.222 e. The maximum atomic E-state index is 13.2. The van der Waals surface area contributed by atoms with Gasteiger partial charge in [-0.25, -0.2) is 4.39 Å². The van der Waals surface area contributed by atoms with Crippen LogP contribution in [0.1, 0.15) is 19.3 Å². The quantitative estimate of drug-likeness (QED) is 0.792. The number of nitrogens with one attached hydrogen (secondary N) is 1. The number of benzene rings is 1. The van der Waals surface area contributed by atoms with Crippen LogP contribution in [-0.4, -0.2) is 30.4 Å². The van der Waals surface area contributed by atoms with E-state index in [1.165, 1.54) is 6.07 Å². The highest BCUT2D eigenvalue weighted by Crippen LogP contribution is 2.13. The lowest BCUT2D eigenvalue weighted by Crippen LogP contribution is -2.27. The molecule has 0 aromatic heterocycles. The van der Waals surface area contributed by atoms with Crippen molar-refractivity contribution in [1.29, 1.82) is 0 Å². The summed E-state index contributed by atoms with van der Waals surface area (Å²) in [7, 11) is 0. The molecule has 1 radical (unpaired) electrons. The first-order chi connectivity index (χ1) is 8.27. The number of rotatable bonds is 5.